The Labute approximate surface area is 196 Å². The molecule has 0 saturated heterocycles. The van der Waals surface area contributed by atoms with E-state index in [1.807, 2.05) is 6.07 Å². The largest absolute Gasteiger partial charge is 0.460 e. The van der Waals surface area contributed by atoms with Crippen LogP contribution in [0.1, 0.15) is 10.4 Å². The van der Waals surface area contributed by atoms with Gasteiger partial charge >= 0.3 is 5.97 Å². The number of esters is 1. The summed E-state index contributed by atoms with van der Waals surface area (Å²) in [6.07, 6.45) is 0. The van der Waals surface area contributed by atoms with Gasteiger partial charge in [-0.15, -0.1) is 0 Å². The summed E-state index contributed by atoms with van der Waals surface area (Å²) in [6, 6.07) is 8.85. The van der Waals surface area contributed by atoms with Crippen LogP contribution in [-0.4, -0.2) is 112 Å². The van der Waals surface area contributed by atoms with Gasteiger partial charge in [0.1, 0.15) is 6.61 Å². The fourth-order valence-corrected chi connectivity index (χ4v) is 2.36. The van der Waals surface area contributed by atoms with Crippen LogP contribution in [0.2, 0.25) is 0 Å². The molecular weight excluding hydrogens is 434 g/mol. The first-order valence-corrected chi connectivity index (χ1v) is 11.3. The molecule has 1 aromatic rings. The zero-order chi connectivity index (χ0) is 23.7. The normalized spacial score (nSPS) is 11.1. The summed E-state index contributed by atoms with van der Waals surface area (Å²) in [7, 11) is 0. The number of carbonyl (C=O) groups is 1. The van der Waals surface area contributed by atoms with Gasteiger partial charge in [-0.05, 0) is 12.1 Å². The Bertz CT molecular complexity index is 548. The molecule has 0 radical (unpaired) electrons. The third-order valence-electron chi connectivity index (χ3n) is 3.96. The molecule has 0 amide bonds. The second-order valence-electron chi connectivity index (χ2n) is 6.58. The standard InChI is InChI=1S/C23H39NO9/c24-6-7-26-8-9-27-10-11-28-12-13-29-14-15-30-16-17-31-18-19-32-20-21-33-23(25)22-4-2-1-3-5-22/h1-5H,6-21,24H2. The molecule has 190 valence electrons. The number of ether oxygens (including phenoxy) is 8. The van der Waals surface area contributed by atoms with E-state index < -0.39 is 0 Å². The highest BCUT2D eigenvalue weighted by molar-refractivity contribution is 5.89. The van der Waals surface area contributed by atoms with Gasteiger partial charge in [-0.2, -0.15) is 0 Å². The summed E-state index contributed by atoms with van der Waals surface area (Å²) < 4.78 is 42.6. The molecule has 0 atom stereocenters. The van der Waals surface area contributed by atoms with Crippen LogP contribution >= 0.6 is 0 Å². The molecule has 0 aliphatic heterocycles. The molecule has 0 unspecified atom stereocenters. The summed E-state index contributed by atoms with van der Waals surface area (Å²) in [5, 5.41) is 0. The molecule has 0 heterocycles. The molecule has 10 nitrogen and oxygen atoms in total. The average molecular weight is 474 g/mol. The molecule has 10 heteroatoms. The van der Waals surface area contributed by atoms with Crippen LogP contribution in [0, 0.1) is 0 Å². The number of benzene rings is 1. The van der Waals surface area contributed by atoms with Gasteiger partial charge in [0.25, 0.3) is 0 Å². The lowest BCUT2D eigenvalue weighted by Crippen LogP contribution is -2.15. The monoisotopic (exact) mass is 473 g/mol. The van der Waals surface area contributed by atoms with E-state index in [1.165, 1.54) is 0 Å². The highest BCUT2D eigenvalue weighted by Gasteiger charge is 2.04. The summed E-state index contributed by atoms with van der Waals surface area (Å²) in [5.41, 5.74) is 5.84. The number of rotatable bonds is 24. The number of hydrogen-bond acceptors (Lipinski definition) is 10. The Morgan fingerprint density at radius 1 is 0.515 bits per heavy atom. The van der Waals surface area contributed by atoms with Gasteiger partial charge in [-0.25, -0.2) is 4.79 Å². The maximum absolute atomic E-state index is 11.7. The van der Waals surface area contributed by atoms with Crippen molar-refractivity contribution in [3.63, 3.8) is 0 Å². The second-order valence-corrected chi connectivity index (χ2v) is 6.58. The number of hydrogen-bond donors (Lipinski definition) is 1. The van der Waals surface area contributed by atoms with Gasteiger partial charge < -0.3 is 43.6 Å². The molecule has 2 N–H and O–H groups in total. The van der Waals surface area contributed by atoms with Crippen molar-refractivity contribution in [3.05, 3.63) is 35.9 Å². The first kappa shape index (κ1) is 29.4. The van der Waals surface area contributed by atoms with E-state index >= 15 is 0 Å². The SMILES string of the molecule is NCCOCCOCCOCCOCCOCCOCCOCCOC(=O)c1ccccc1. The summed E-state index contributed by atoms with van der Waals surface area (Å²) in [6.45, 7) is 7.64. The van der Waals surface area contributed by atoms with Crippen LogP contribution in [0.15, 0.2) is 30.3 Å². The van der Waals surface area contributed by atoms with Crippen molar-refractivity contribution in [2.75, 3.05) is 106 Å². The lowest BCUT2D eigenvalue weighted by Gasteiger charge is -2.08. The van der Waals surface area contributed by atoms with Gasteiger partial charge in [-0.1, -0.05) is 18.2 Å². The fraction of sp³-hybridized carbons (Fsp3) is 0.696. The van der Waals surface area contributed by atoms with Gasteiger partial charge in [0, 0.05) is 6.54 Å². The van der Waals surface area contributed by atoms with Gasteiger partial charge in [0.15, 0.2) is 0 Å². The van der Waals surface area contributed by atoms with Crippen molar-refractivity contribution < 1.29 is 42.7 Å². The lowest BCUT2D eigenvalue weighted by atomic mass is 10.2. The van der Waals surface area contributed by atoms with E-state index in [-0.39, 0.29) is 12.6 Å². The Morgan fingerprint density at radius 3 is 1.21 bits per heavy atom. The van der Waals surface area contributed by atoms with Gasteiger partial charge in [0.05, 0.1) is 98.1 Å². The van der Waals surface area contributed by atoms with Crippen LogP contribution in [0.3, 0.4) is 0 Å². The number of nitrogens with two attached hydrogens (primary N) is 1. The maximum atomic E-state index is 11.7. The topological polar surface area (TPSA) is 117 Å². The minimum atomic E-state index is -0.352. The van der Waals surface area contributed by atoms with E-state index in [2.05, 4.69) is 0 Å². The maximum Gasteiger partial charge on any atom is 0.338 e. The molecule has 0 bridgehead atoms. The van der Waals surface area contributed by atoms with Crippen molar-refractivity contribution in [2.45, 2.75) is 0 Å². The van der Waals surface area contributed by atoms with E-state index in [1.54, 1.807) is 24.3 Å². The van der Waals surface area contributed by atoms with E-state index in [4.69, 9.17) is 43.6 Å². The first-order valence-electron chi connectivity index (χ1n) is 11.3. The van der Waals surface area contributed by atoms with Gasteiger partial charge in [0.2, 0.25) is 0 Å². The van der Waals surface area contributed by atoms with Crippen LogP contribution in [0.5, 0.6) is 0 Å². The van der Waals surface area contributed by atoms with Crippen molar-refractivity contribution in [1.29, 1.82) is 0 Å². The molecule has 0 spiro atoms. The smallest absolute Gasteiger partial charge is 0.338 e. The molecule has 1 aromatic carbocycles. The molecule has 0 fully saturated rings. The van der Waals surface area contributed by atoms with Crippen LogP contribution in [0.4, 0.5) is 0 Å². The Balaban J connectivity index is 1.69. The van der Waals surface area contributed by atoms with Crippen molar-refractivity contribution in [2.24, 2.45) is 5.73 Å². The average Bonchev–Trinajstić information content (AvgIpc) is 2.85. The van der Waals surface area contributed by atoms with Crippen LogP contribution in [-0.2, 0) is 37.9 Å². The quantitative estimate of drug-likeness (QED) is 0.172. The minimum Gasteiger partial charge on any atom is -0.460 e. The third-order valence-corrected chi connectivity index (χ3v) is 3.96. The predicted octanol–water partition coefficient (Wildman–Crippen LogP) is 0.918. The van der Waals surface area contributed by atoms with Crippen molar-refractivity contribution in [1.82, 2.24) is 0 Å². The zero-order valence-corrected chi connectivity index (χ0v) is 19.5. The summed E-state index contributed by atoms with van der Waals surface area (Å²) in [4.78, 5) is 11.7. The summed E-state index contributed by atoms with van der Waals surface area (Å²) >= 11 is 0. The molecular formula is C23H39NO9. The zero-order valence-electron chi connectivity index (χ0n) is 19.5. The molecule has 0 aliphatic rings. The number of carbonyl (C=O) groups excluding carboxylic acids is 1. The van der Waals surface area contributed by atoms with Crippen molar-refractivity contribution >= 4 is 5.97 Å². The van der Waals surface area contributed by atoms with E-state index in [9.17, 15) is 4.79 Å². The molecule has 0 aromatic heterocycles. The Morgan fingerprint density at radius 2 is 0.848 bits per heavy atom. The predicted molar refractivity (Wildman–Crippen MR) is 122 cm³/mol. The highest BCUT2D eigenvalue weighted by Crippen LogP contribution is 2.00. The molecule has 0 saturated carbocycles. The third kappa shape index (κ3) is 19.5. The Hall–Kier alpha value is -1.63. The van der Waals surface area contributed by atoms with Crippen LogP contribution in [0.25, 0.3) is 0 Å². The molecule has 0 aliphatic carbocycles. The highest BCUT2D eigenvalue weighted by atomic mass is 16.6. The first-order chi connectivity index (χ1) is 16.3. The summed E-state index contributed by atoms with van der Waals surface area (Å²) in [5.74, 6) is -0.352. The minimum absolute atomic E-state index is 0.209. The fourth-order valence-electron chi connectivity index (χ4n) is 2.36. The van der Waals surface area contributed by atoms with Crippen LogP contribution < -0.4 is 5.73 Å². The molecule has 1 rings (SSSR count). The Kier molecular flexibility index (Phi) is 21.0. The lowest BCUT2D eigenvalue weighted by molar-refractivity contribution is -0.0220. The van der Waals surface area contributed by atoms with E-state index in [0.29, 0.717) is 105 Å². The second kappa shape index (κ2) is 23.5. The van der Waals surface area contributed by atoms with Crippen molar-refractivity contribution in [3.8, 4) is 0 Å². The van der Waals surface area contributed by atoms with E-state index in [0.717, 1.165) is 0 Å². The van der Waals surface area contributed by atoms with Gasteiger partial charge in [-0.3, -0.25) is 0 Å². The molecule has 33 heavy (non-hydrogen) atoms.